The van der Waals surface area contributed by atoms with Gasteiger partial charge in [-0.1, -0.05) is 0 Å². The molecule has 0 saturated heterocycles. The fourth-order valence-corrected chi connectivity index (χ4v) is 3.22. The van der Waals surface area contributed by atoms with Crippen molar-refractivity contribution in [1.82, 2.24) is 4.98 Å². The van der Waals surface area contributed by atoms with Crippen molar-refractivity contribution >= 4 is 27.3 Å². The van der Waals surface area contributed by atoms with Gasteiger partial charge < -0.3 is 15.2 Å². The van der Waals surface area contributed by atoms with E-state index < -0.39 is 0 Å². The van der Waals surface area contributed by atoms with E-state index in [1.54, 1.807) is 11.3 Å². The van der Waals surface area contributed by atoms with E-state index in [1.165, 1.54) is 0 Å². The summed E-state index contributed by atoms with van der Waals surface area (Å²) in [6.45, 7) is 1.87. The molecule has 0 radical (unpaired) electrons. The zero-order chi connectivity index (χ0) is 13.2. The van der Waals surface area contributed by atoms with Gasteiger partial charge in [-0.3, -0.25) is 0 Å². The van der Waals surface area contributed by atoms with Crippen molar-refractivity contribution < 1.29 is 9.47 Å². The Hall–Kier alpha value is -1.11. The van der Waals surface area contributed by atoms with E-state index >= 15 is 0 Å². The van der Waals surface area contributed by atoms with Gasteiger partial charge in [0.05, 0.1) is 17.7 Å². The van der Waals surface area contributed by atoms with Crippen molar-refractivity contribution in [3.63, 3.8) is 0 Å². The molecule has 4 nitrogen and oxygen atoms in total. The van der Waals surface area contributed by atoms with Gasteiger partial charge in [-0.15, -0.1) is 11.3 Å². The molecule has 3 rings (SSSR count). The van der Waals surface area contributed by atoms with E-state index in [0.29, 0.717) is 19.8 Å². The summed E-state index contributed by atoms with van der Waals surface area (Å²) in [4.78, 5) is 5.46. The highest BCUT2D eigenvalue weighted by molar-refractivity contribution is 9.10. The minimum atomic E-state index is 0.517. The van der Waals surface area contributed by atoms with Crippen LogP contribution in [0.2, 0.25) is 0 Å². The summed E-state index contributed by atoms with van der Waals surface area (Å²) in [5.41, 5.74) is 6.63. The van der Waals surface area contributed by atoms with Crippen LogP contribution in [0.3, 0.4) is 0 Å². The van der Waals surface area contributed by atoms with Crippen molar-refractivity contribution in [3.8, 4) is 22.1 Å². The molecule has 100 valence electrons. The number of aromatic nitrogens is 1. The summed E-state index contributed by atoms with van der Waals surface area (Å²) in [6.07, 6.45) is 2.71. The van der Waals surface area contributed by atoms with E-state index in [1.807, 2.05) is 18.3 Å². The predicted molar refractivity (Wildman–Crippen MR) is 78.7 cm³/mol. The normalized spacial score (nSPS) is 14.2. The first-order chi connectivity index (χ1) is 9.28. The number of nitrogens with two attached hydrogens (primary N) is 1. The van der Waals surface area contributed by atoms with Crippen LogP contribution < -0.4 is 15.2 Å². The van der Waals surface area contributed by atoms with Crippen LogP contribution in [0.15, 0.2) is 22.8 Å². The lowest BCUT2D eigenvalue weighted by Crippen LogP contribution is -1.97. The molecule has 0 saturated carbocycles. The first-order valence-electron chi connectivity index (χ1n) is 6.02. The van der Waals surface area contributed by atoms with Crippen LogP contribution in [0.5, 0.6) is 11.5 Å². The Morgan fingerprint density at radius 2 is 2.16 bits per heavy atom. The summed E-state index contributed by atoms with van der Waals surface area (Å²) in [5.74, 6) is 1.54. The highest BCUT2D eigenvalue weighted by Crippen LogP contribution is 2.41. The summed E-state index contributed by atoms with van der Waals surface area (Å²) in [5, 5.41) is 0.941. The fraction of sp³-hybridized carbons (Fsp3) is 0.308. The minimum absolute atomic E-state index is 0.517. The zero-order valence-corrected chi connectivity index (χ0v) is 12.6. The number of hydrogen-bond acceptors (Lipinski definition) is 5. The van der Waals surface area contributed by atoms with Crippen LogP contribution in [-0.2, 0) is 6.54 Å². The molecule has 2 heterocycles. The summed E-state index contributed by atoms with van der Waals surface area (Å²) < 4.78 is 12.3. The van der Waals surface area contributed by atoms with E-state index in [4.69, 9.17) is 15.2 Å². The molecule has 1 aromatic heterocycles. The number of hydrogen-bond donors (Lipinski definition) is 1. The van der Waals surface area contributed by atoms with Gasteiger partial charge in [0.2, 0.25) is 0 Å². The molecular formula is C13H13BrN2O2S. The monoisotopic (exact) mass is 340 g/mol. The van der Waals surface area contributed by atoms with Gasteiger partial charge in [0, 0.05) is 29.6 Å². The molecule has 0 aliphatic carbocycles. The largest absolute Gasteiger partial charge is 0.489 e. The molecule has 1 aliphatic rings. The van der Waals surface area contributed by atoms with Gasteiger partial charge in [-0.2, -0.15) is 0 Å². The molecule has 0 spiro atoms. The van der Waals surface area contributed by atoms with Gasteiger partial charge in [0.1, 0.15) is 5.01 Å². The number of halogens is 1. The van der Waals surface area contributed by atoms with Crippen LogP contribution in [0.25, 0.3) is 10.6 Å². The molecule has 19 heavy (non-hydrogen) atoms. The Labute approximate surface area is 123 Å². The molecule has 0 amide bonds. The Morgan fingerprint density at radius 3 is 2.95 bits per heavy atom. The third-order valence-corrected chi connectivity index (χ3v) is 4.46. The van der Waals surface area contributed by atoms with E-state index in [-0.39, 0.29) is 0 Å². The first kappa shape index (κ1) is 12.9. The summed E-state index contributed by atoms with van der Waals surface area (Å²) in [6, 6.07) is 3.98. The Bertz CT molecular complexity index is 600. The molecule has 0 atom stereocenters. The molecule has 0 bridgehead atoms. The second-order valence-electron chi connectivity index (χ2n) is 4.17. The maximum Gasteiger partial charge on any atom is 0.175 e. The average molecular weight is 341 g/mol. The van der Waals surface area contributed by atoms with E-state index in [0.717, 1.165) is 37.8 Å². The van der Waals surface area contributed by atoms with Crippen molar-refractivity contribution in [2.75, 3.05) is 13.2 Å². The van der Waals surface area contributed by atoms with Gasteiger partial charge in [0.15, 0.2) is 11.5 Å². The van der Waals surface area contributed by atoms with Crippen LogP contribution in [-0.4, -0.2) is 18.2 Å². The topological polar surface area (TPSA) is 57.4 Å². The second kappa shape index (κ2) is 5.48. The average Bonchev–Trinajstić information content (AvgIpc) is 2.77. The number of rotatable bonds is 2. The lowest BCUT2D eigenvalue weighted by atomic mass is 10.2. The fourth-order valence-electron chi connectivity index (χ4n) is 1.89. The lowest BCUT2D eigenvalue weighted by Gasteiger charge is -2.10. The van der Waals surface area contributed by atoms with Gasteiger partial charge in [-0.05, 0) is 28.1 Å². The van der Waals surface area contributed by atoms with Crippen molar-refractivity contribution in [3.05, 3.63) is 27.7 Å². The second-order valence-corrected chi connectivity index (χ2v) is 6.14. The maximum absolute atomic E-state index is 5.72. The van der Waals surface area contributed by atoms with Gasteiger partial charge in [0.25, 0.3) is 0 Å². The number of benzene rings is 1. The highest BCUT2D eigenvalue weighted by Gasteiger charge is 2.17. The maximum atomic E-state index is 5.72. The molecule has 0 fully saturated rings. The number of thiazole rings is 1. The standard InChI is InChI=1S/C13H13BrN2O2S/c14-10-4-8(13-16-7-9(6-15)19-13)5-11-12(10)18-3-1-2-17-11/h4-5,7H,1-3,6,15H2. The summed E-state index contributed by atoms with van der Waals surface area (Å²) >= 11 is 5.13. The van der Waals surface area contributed by atoms with Crippen LogP contribution in [0.4, 0.5) is 0 Å². The predicted octanol–water partition coefficient (Wildman–Crippen LogP) is 3.19. The van der Waals surface area contributed by atoms with E-state index in [2.05, 4.69) is 20.9 Å². The molecule has 0 unspecified atom stereocenters. The van der Waals surface area contributed by atoms with Crippen molar-refractivity contribution in [1.29, 1.82) is 0 Å². The molecule has 2 N–H and O–H groups in total. The third kappa shape index (κ3) is 2.61. The molecule has 1 aliphatic heterocycles. The number of nitrogens with zero attached hydrogens (tertiary/aromatic N) is 1. The molecule has 2 aromatic rings. The minimum Gasteiger partial charge on any atom is -0.489 e. The van der Waals surface area contributed by atoms with Gasteiger partial charge in [-0.25, -0.2) is 4.98 Å². The number of ether oxygens (including phenoxy) is 2. The Balaban J connectivity index is 2.03. The molecular weight excluding hydrogens is 328 g/mol. The SMILES string of the molecule is NCc1cnc(-c2cc(Br)c3c(c2)OCCCO3)s1. The molecule has 6 heteroatoms. The Morgan fingerprint density at radius 1 is 1.32 bits per heavy atom. The zero-order valence-electron chi connectivity index (χ0n) is 10.2. The molecule has 1 aromatic carbocycles. The van der Waals surface area contributed by atoms with E-state index in [9.17, 15) is 0 Å². The number of fused-ring (bicyclic) bond motifs is 1. The van der Waals surface area contributed by atoms with Crippen LogP contribution in [0, 0.1) is 0 Å². The van der Waals surface area contributed by atoms with Crippen LogP contribution in [0.1, 0.15) is 11.3 Å². The van der Waals surface area contributed by atoms with Crippen LogP contribution >= 0.6 is 27.3 Å². The van der Waals surface area contributed by atoms with Gasteiger partial charge >= 0.3 is 0 Å². The first-order valence-corrected chi connectivity index (χ1v) is 7.63. The quantitative estimate of drug-likeness (QED) is 0.911. The third-order valence-electron chi connectivity index (χ3n) is 2.80. The summed E-state index contributed by atoms with van der Waals surface area (Å²) in [7, 11) is 0. The Kier molecular flexibility index (Phi) is 3.72. The van der Waals surface area contributed by atoms with Crippen molar-refractivity contribution in [2.45, 2.75) is 13.0 Å². The lowest BCUT2D eigenvalue weighted by molar-refractivity contribution is 0.296. The van der Waals surface area contributed by atoms with Crippen molar-refractivity contribution in [2.24, 2.45) is 5.73 Å². The highest BCUT2D eigenvalue weighted by atomic mass is 79.9. The smallest absolute Gasteiger partial charge is 0.175 e.